The molecule has 1 rings (SSSR count). The van der Waals surface area contributed by atoms with E-state index >= 15 is 0 Å². The molecule has 1 aromatic rings. The third-order valence-corrected chi connectivity index (χ3v) is 4.86. The summed E-state index contributed by atoms with van der Waals surface area (Å²) in [4.78, 5) is 52.3. The Hall–Kier alpha value is -3.91. The Bertz CT molecular complexity index is 904. The summed E-state index contributed by atoms with van der Waals surface area (Å²) < 4.78 is 0. The quantitative estimate of drug-likeness (QED) is 0.0712. The maximum Gasteiger partial charge on any atom is 0.326 e. The lowest BCUT2D eigenvalue weighted by molar-refractivity contribution is -0.142. The summed E-state index contributed by atoms with van der Waals surface area (Å²) >= 11 is 0. The van der Waals surface area contributed by atoms with Crippen molar-refractivity contribution in [3.63, 3.8) is 0 Å². The number of aliphatic hydroxyl groups is 1. The number of carbonyl (C=O) groups excluding carboxylic acids is 3. The van der Waals surface area contributed by atoms with Gasteiger partial charge in [0.25, 0.3) is 0 Å². The second kappa shape index (κ2) is 14.4. The fraction of sp³-hybridized carbons (Fsp3) is 0.476. The van der Waals surface area contributed by atoms with Crippen LogP contribution in [0.5, 0.6) is 5.75 Å². The SMILES string of the molecule is CC(NC(=O)C(CO)NC(=O)C(N)Cc1ccc(O)cc1)C(=O)NC(CCCN=C(N)N)C(=O)O. The van der Waals surface area contributed by atoms with E-state index in [0.717, 1.165) is 0 Å². The molecule has 0 aliphatic heterocycles. The second-order valence-corrected chi connectivity index (χ2v) is 7.80. The number of hydrogen-bond donors (Lipinski definition) is 9. The normalized spacial score (nSPS) is 14.0. The van der Waals surface area contributed by atoms with Gasteiger partial charge in [0, 0.05) is 6.54 Å². The molecule has 12 N–H and O–H groups in total. The van der Waals surface area contributed by atoms with Crippen LogP contribution >= 0.6 is 0 Å². The zero-order valence-corrected chi connectivity index (χ0v) is 19.3. The first-order valence-corrected chi connectivity index (χ1v) is 10.8. The Morgan fingerprint density at radius 1 is 0.971 bits per heavy atom. The third kappa shape index (κ3) is 10.7. The van der Waals surface area contributed by atoms with E-state index in [2.05, 4.69) is 20.9 Å². The van der Waals surface area contributed by atoms with E-state index in [-0.39, 0.29) is 31.1 Å². The van der Waals surface area contributed by atoms with Crippen LogP contribution in [0.1, 0.15) is 25.3 Å². The number of carboxylic acids is 1. The Labute approximate surface area is 201 Å². The summed E-state index contributed by atoms with van der Waals surface area (Å²) in [6.07, 6.45) is 0.454. The lowest BCUT2D eigenvalue weighted by atomic mass is 10.1. The molecule has 0 aromatic heterocycles. The molecule has 0 heterocycles. The number of nitrogens with two attached hydrogens (primary N) is 3. The van der Waals surface area contributed by atoms with E-state index in [1.54, 1.807) is 12.1 Å². The van der Waals surface area contributed by atoms with Gasteiger partial charge in [0.1, 0.15) is 23.9 Å². The van der Waals surface area contributed by atoms with Gasteiger partial charge in [-0.15, -0.1) is 0 Å². The fourth-order valence-corrected chi connectivity index (χ4v) is 2.89. The van der Waals surface area contributed by atoms with Crippen molar-refractivity contribution < 1.29 is 34.5 Å². The van der Waals surface area contributed by atoms with Gasteiger partial charge in [0.05, 0.1) is 12.6 Å². The van der Waals surface area contributed by atoms with Gasteiger partial charge in [0.15, 0.2) is 5.96 Å². The molecule has 1 aromatic carbocycles. The van der Waals surface area contributed by atoms with Crippen LogP contribution in [-0.2, 0) is 25.6 Å². The number of hydrogen-bond acceptors (Lipinski definition) is 8. The van der Waals surface area contributed by atoms with Gasteiger partial charge >= 0.3 is 5.97 Å². The number of aliphatic hydroxyl groups excluding tert-OH is 1. The first kappa shape index (κ1) is 29.1. The first-order valence-electron chi connectivity index (χ1n) is 10.8. The maximum atomic E-state index is 12.4. The van der Waals surface area contributed by atoms with Gasteiger partial charge in [-0.2, -0.15) is 0 Å². The van der Waals surface area contributed by atoms with Gasteiger partial charge in [-0.25, -0.2) is 4.79 Å². The molecule has 4 atom stereocenters. The highest BCUT2D eigenvalue weighted by molar-refractivity contribution is 5.94. The van der Waals surface area contributed by atoms with E-state index in [1.165, 1.54) is 19.1 Å². The molecule has 3 amide bonds. The first-order chi connectivity index (χ1) is 16.4. The number of nitrogens with one attached hydrogen (secondary N) is 3. The number of aliphatic imine (C=N–C) groups is 1. The average Bonchev–Trinajstić information content (AvgIpc) is 2.79. The van der Waals surface area contributed by atoms with Crippen molar-refractivity contribution in [3.8, 4) is 5.75 Å². The van der Waals surface area contributed by atoms with E-state index in [0.29, 0.717) is 12.0 Å². The zero-order valence-electron chi connectivity index (χ0n) is 19.3. The molecular weight excluding hydrogens is 462 g/mol. The Kier molecular flexibility index (Phi) is 12.0. The van der Waals surface area contributed by atoms with Crippen molar-refractivity contribution in [1.82, 2.24) is 16.0 Å². The summed E-state index contributed by atoms with van der Waals surface area (Å²) in [5.74, 6) is -3.70. The predicted molar refractivity (Wildman–Crippen MR) is 126 cm³/mol. The number of carbonyl (C=O) groups is 4. The Morgan fingerprint density at radius 2 is 1.57 bits per heavy atom. The zero-order chi connectivity index (χ0) is 26.5. The molecule has 0 saturated heterocycles. The molecule has 0 aliphatic carbocycles. The predicted octanol–water partition coefficient (Wildman–Crippen LogP) is -3.13. The van der Waals surface area contributed by atoms with Crippen LogP contribution in [0, 0.1) is 0 Å². The number of benzene rings is 1. The van der Waals surface area contributed by atoms with E-state index < -0.39 is 54.5 Å². The molecule has 0 spiro atoms. The number of nitrogens with zero attached hydrogens (tertiary/aromatic N) is 1. The van der Waals surface area contributed by atoms with Crippen LogP contribution in [0.15, 0.2) is 29.3 Å². The number of phenols is 1. The minimum atomic E-state index is -1.39. The number of amides is 3. The van der Waals surface area contributed by atoms with E-state index in [9.17, 15) is 34.5 Å². The highest BCUT2D eigenvalue weighted by atomic mass is 16.4. The number of aliphatic carboxylic acids is 1. The van der Waals surface area contributed by atoms with Crippen molar-refractivity contribution in [2.24, 2.45) is 22.2 Å². The summed E-state index contributed by atoms with van der Waals surface area (Å²) in [7, 11) is 0. The number of guanidine groups is 1. The van der Waals surface area contributed by atoms with Crippen LogP contribution in [0.2, 0.25) is 0 Å². The molecule has 14 heteroatoms. The molecule has 0 saturated carbocycles. The van der Waals surface area contributed by atoms with Crippen molar-refractivity contribution in [2.45, 2.75) is 50.4 Å². The van der Waals surface area contributed by atoms with Crippen molar-refractivity contribution in [1.29, 1.82) is 0 Å². The molecule has 35 heavy (non-hydrogen) atoms. The van der Waals surface area contributed by atoms with E-state index in [4.69, 9.17) is 17.2 Å². The Balaban J connectivity index is 2.61. The molecule has 4 unspecified atom stereocenters. The number of carboxylic acid groups (broad SMARTS) is 1. The molecule has 194 valence electrons. The van der Waals surface area contributed by atoms with E-state index in [1.807, 2.05) is 0 Å². The van der Waals surface area contributed by atoms with Crippen LogP contribution < -0.4 is 33.2 Å². The summed E-state index contributed by atoms with van der Waals surface area (Å²) in [6, 6.07) is 1.22. The second-order valence-electron chi connectivity index (χ2n) is 7.80. The lowest BCUT2D eigenvalue weighted by Gasteiger charge is -2.22. The van der Waals surface area contributed by atoms with Crippen LogP contribution in [0.25, 0.3) is 0 Å². The average molecular weight is 496 g/mol. The minimum absolute atomic E-state index is 0.0484. The standard InChI is InChI=1S/C21H33N7O7/c1-11(17(31)27-15(20(34)35)3-2-8-25-21(23)24)26-19(33)16(10-29)28-18(32)14(22)9-12-4-6-13(30)7-5-12/h4-7,11,14-16,29-30H,2-3,8-10,22H2,1H3,(H,26,33)(H,27,31)(H,28,32)(H,34,35)(H4,23,24,25). The third-order valence-electron chi connectivity index (χ3n) is 4.86. The van der Waals surface area contributed by atoms with Gasteiger partial charge in [0.2, 0.25) is 17.7 Å². The van der Waals surface area contributed by atoms with Crippen molar-refractivity contribution in [3.05, 3.63) is 29.8 Å². The van der Waals surface area contributed by atoms with Crippen molar-refractivity contribution >= 4 is 29.7 Å². The van der Waals surface area contributed by atoms with Crippen LogP contribution in [0.3, 0.4) is 0 Å². The highest BCUT2D eigenvalue weighted by Crippen LogP contribution is 2.11. The highest BCUT2D eigenvalue weighted by Gasteiger charge is 2.28. The monoisotopic (exact) mass is 495 g/mol. The summed E-state index contributed by atoms with van der Waals surface area (Å²) in [6.45, 7) is 0.736. The molecule has 0 aliphatic rings. The Morgan fingerprint density at radius 3 is 2.11 bits per heavy atom. The topological polar surface area (TPSA) is 255 Å². The minimum Gasteiger partial charge on any atom is -0.508 e. The van der Waals surface area contributed by atoms with Gasteiger partial charge in [-0.05, 0) is 43.9 Å². The molecule has 14 nitrogen and oxygen atoms in total. The van der Waals surface area contributed by atoms with Gasteiger partial charge < -0.3 is 48.5 Å². The van der Waals surface area contributed by atoms with Crippen LogP contribution in [0.4, 0.5) is 0 Å². The van der Waals surface area contributed by atoms with Crippen LogP contribution in [-0.4, -0.2) is 82.3 Å². The number of rotatable bonds is 14. The molecule has 0 radical (unpaired) electrons. The summed E-state index contributed by atoms with van der Waals surface area (Å²) in [5.41, 5.74) is 16.9. The van der Waals surface area contributed by atoms with Gasteiger partial charge in [-0.3, -0.25) is 19.4 Å². The molecule has 0 bridgehead atoms. The lowest BCUT2D eigenvalue weighted by Crippen LogP contribution is -2.57. The molecular formula is C21H33N7O7. The van der Waals surface area contributed by atoms with Gasteiger partial charge in [-0.1, -0.05) is 12.1 Å². The van der Waals surface area contributed by atoms with Crippen molar-refractivity contribution in [2.75, 3.05) is 13.2 Å². The number of phenolic OH excluding ortho intramolecular Hbond substituents is 1. The smallest absolute Gasteiger partial charge is 0.326 e. The maximum absolute atomic E-state index is 12.4. The molecule has 0 fully saturated rings. The fourth-order valence-electron chi connectivity index (χ4n) is 2.89. The number of aromatic hydroxyl groups is 1. The largest absolute Gasteiger partial charge is 0.508 e. The summed E-state index contributed by atoms with van der Waals surface area (Å²) in [5, 5.41) is 35.1.